The van der Waals surface area contributed by atoms with E-state index >= 15 is 0 Å². The van der Waals surface area contributed by atoms with Crippen LogP contribution in [-0.4, -0.2) is 54.5 Å². The molecule has 11 heteroatoms. The summed E-state index contributed by atoms with van der Waals surface area (Å²) in [6, 6.07) is 45.0. The second kappa shape index (κ2) is 24.0. The smallest absolute Gasteiger partial charge is 0.408 e. The molecule has 1 aliphatic rings. The van der Waals surface area contributed by atoms with E-state index in [0.29, 0.717) is 0 Å². The van der Waals surface area contributed by atoms with Gasteiger partial charge in [0.15, 0.2) is 0 Å². The summed E-state index contributed by atoms with van der Waals surface area (Å²) in [4.78, 5) is 68.9. The predicted molar refractivity (Wildman–Crippen MR) is 246 cm³/mol. The molecule has 5 aromatic rings. The molecule has 6 rings (SSSR count). The molecule has 0 saturated heterocycles. The van der Waals surface area contributed by atoms with Crippen LogP contribution in [0.3, 0.4) is 0 Å². The molecule has 0 unspecified atom stereocenters. The van der Waals surface area contributed by atoms with Gasteiger partial charge < -0.3 is 30.7 Å². The van der Waals surface area contributed by atoms with Gasteiger partial charge in [0.2, 0.25) is 17.7 Å². The van der Waals surface area contributed by atoms with Crippen LogP contribution in [0.15, 0.2) is 164 Å². The number of esters is 1. The van der Waals surface area contributed by atoms with E-state index in [2.05, 4.69) is 21.3 Å². The van der Waals surface area contributed by atoms with E-state index in [0.717, 1.165) is 59.9 Å². The molecular formula is C53H58N4O7. The van der Waals surface area contributed by atoms with Crippen molar-refractivity contribution >= 4 is 29.8 Å². The number of benzene rings is 5. The first-order chi connectivity index (χ1) is 31.2. The van der Waals surface area contributed by atoms with Crippen LogP contribution >= 0.6 is 0 Å². The zero-order chi connectivity index (χ0) is 45.0. The van der Waals surface area contributed by atoms with Crippen molar-refractivity contribution in [1.82, 2.24) is 21.3 Å². The fraction of sp³-hybridized carbons (Fsp3) is 0.302. The van der Waals surface area contributed by atoms with Crippen molar-refractivity contribution in [3.63, 3.8) is 0 Å². The van der Waals surface area contributed by atoms with Crippen LogP contribution in [0.4, 0.5) is 4.79 Å². The molecule has 5 aromatic carbocycles. The maximum Gasteiger partial charge on any atom is 0.408 e. The molecule has 64 heavy (non-hydrogen) atoms. The lowest BCUT2D eigenvalue weighted by molar-refractivity contribution is -0.137. The highest BCUT2D eigenvalue weighted by Gasteiger charge is 2.38. The van der Waals surface area contributed by atoms with Gasteiger partial charge in [-0.15, -0.1) is 0 Å². The van der Waals surface area contributed by atoms with Crippen LogP contribution in [0.1, 0.15) is 79.7 Å². The molecule has 0 radical (unpaired) electrons. The second-order valence-corrected chi connectivity index (χ2v) is 16.0. The van der Waals surface area contributed by atoms with Crippen LogP contribution in [0.2, 0.25) is 0 Å². The summed E-state index contributed by atoms with van der Waals surface area (Å²) in [6.45, 7) is 1.89. The third-order valence-electron chi connectivity index (χ3n) is 11.5. The summed E-state index contributed by atoms with van der Waals surface area (Å²) in [6.07, 6.45) is 6.55. The maximum absolute atomic E-state index is 14.5. The molecule has 0 aliphatic heterocycles. The lowest BCUT2D eigenvalue weighted by atomic mass is 9.77. The SMILES string of the molecule is CCOC(=O)/C=C/[C@H](CCC(=O)NC(c1ccccc1)(c1ccccc1)c1ccccc1)NC(=O)[C@H](Cc1ccccc1)NC(=O)[C@@H](NC(=O)OCc1ccccc1)C1CCCCC1. The minimum atomic E-state index is -1.09. The molecule has 1 aliphatic carbocycles. The molecule has 4 N–H and O–H groups in total. The highest BCUT2D eigenvalue weighted by molar-refractivity contribution is 5.92. The molecule has 4 amide bonds. The zero-order valence-corrected chi connectivity index (χ0v) is 36.3. The van der Waals surface area contributed by atoms with Gasteiger partial charge in [0.1, 0.15) is 24.2 Å². The quantitative estimate of drug-likeness (QED) is 0.0351. The van der Waals surface area contributed by atoms with Gasteiger partial charge in [-0.3, -0.25) is 14.4 Å². The second-order valence-electron chi connectivity index (χ2n) is 16.0. The Morgan fingerprint density at radius 3 is 1.67 bits per heavy atom. The van der Waals surface area contributed by atoms with Crippen LogP contribution in [0.5, 0.6) is 0 Å². The van der Waals surface area contributed by atoms with Crippen molar-refractivity contribution in [2.45, 2.75) is 88.6 Å². The Bertz CT molecular complexity index is 2170. The zero-order valence-electron chi connectivity index (χ0n) is 36.3. The Labute approximate surface area is 376 Å². The summed E-state index contributed by atoms with van der Waals surface area (Å²) in [7, 11) is 0. The highest BCUT2D eigenvalue weighted by Crippen LogP contribution is 2.37. The molecule has 1 fully saturated rings. The van der Waals surface area contributed by atoms with E-state index in [-0.39, 0.29) is 44.3 Å². The van der Waals surface area contributed by atoms with Gasteiger partial charge in [-0.25, -0.2) is 9.59 Å². The average Bonchev–Trinajstić information content (AvgIpc) is 3.34. The number of nitrogens with one attached hydrogen (secondary N) is 4. The van der Waals surface area contributed by atoms with Gasteiger partial charge in [-0.05, 0) is 59.9 Å². The third-order valence-corrected chi connectivity index (χ3v) is 11.5. The number of carbonyl (C=O) groups is 5. The summed E-state index contributed by atoms with van der Waals surface area (Å²) < 4.78 is 10.7. The Morgan fingerprint density at radius 1 is 0.625 bits per heavy atom. The first kappa shape index (κ1) is 46.5. The van der Waals surface area contributed by atoms with Gasteiger partial charge in [-0.1, -0.05) is 177 Å². The number of carbonyl (C=O) groups excluding carboxylic acids is 5. The topological polar surface area (TPSA) is 152 Å². The number of rotatable bonds is 20. The number of ether oxygens (including phenoxy) is 2. The molecular weight excluding hydrogens is 805 g/mol. The summed E-state index contributed by atoms with van der Waals surface area (Å²) in [5.74, 6) is -2.09. The Balaban J connectivity index is 1.23. The molecule has 0 bridgehead atoms. The number of hydrogen-bond donors (Lipinski definition) is 4. The molecule has 0 aromatic heterocycles. The predicted octanol–water partition coefficient (Wildman–Crippen LogP) is 8.08. The first-order valence-corrected chi connectivity index (χ1v) is 22.2. The third kappa shape index (κ3) is 13.2. The summed E-state index contributed by atoms with van der Waals surface area (Å²) in [5.41, 5.74) is 3.13. The molecule has 1 saturated carbocycles. The summed E-state index contributed by atoms with van der Waals surface area (Å²) >= 11 is 0. The van der Waals surface area contributed by atoms with Gasteiger partial charge in [0.05, 0.1) is 6.61 Å². The van der Waals surface area contributed by atoms with Crippen molar-refractivity contribution < 1.29 is 33.4 Å². The normalized spacial score (nSPS) is 14.3. The van der Waals surface area contributed by atoms with E-state index in [1.807, 2.05) is 152 Å². The van der Waals surface area contributed by atoms with Gasteiger partial charge >= 0.3 is 12.1 Å². The fourth-order valence-electron chi connectivity index (χ4n) is 8.30. The molecule has 0 heterocycles. The van der Waals surface area contributed by atoms with Gasteiger partial charge in [0, 0.05) is 25.0 Å². The van der Waals surface area contributed by atoms with E-state index in [9.17, 15) is 24.0 Å². The monoisotopic (exact) mass is 862 g/mol. The van der Waals surface area contributed by atoms with Crippen molar-refractivity contribution in [3.8, 4) is 0 Å². The van der Waals surface area contributed by atoms with E-state index < -0.39 is 47.5 Å². The number of alkyl carbamates (subject to hydrolysis) is 1. The van der Waals surface area contributed by atoms with Gasteiger partial charge in [0.25, 0.3) is 0 Å². The van der Waals surface area contributed by atoms with Crippen molar-refractivity contribution in [1.29, 1.82) is 0 Å². The maximum atomic E-state index is 14.5. The molecule has 0 spiro atoms. The lowest BCUT2D eigenvalue weighted by Crippen LogP contribution is -2.57. The fourth-order valence-corrected chi connectivity index (χ4v) is 8.30. The number of amides is 4. The van der Waals surface area contributed by atoms with Crippen molar-refractivity contribution in [2.24, 2.45) is 5.92 Å². The molecule has 332 valence electrons. The van der Waals surface area contributed by atoms with Crippen LogP contribution in [0, 0.1) is 5.92 Å². The highest BCUT2D eigenvalue weighted by atomic mass is 16.5. The van der Waals surface area contributed by atoms with E-state index in [1.165, 1.54) is 12.2 Å². The minimum Gasteiger partial charge on any atom is -0.463 e. The Morgan fingerprint density at radius 2 is 1.14 bits per heavy atom. The number of hydrogen-bond acceptors (Lipinski definition) is 7. The summed E-state index contributed by atoms with van der Waals surface area (Å²) in [5, 5.41) is 12.2. The van der Waals surface area contributed by atoms with E-state index in [1.54, 1.807) is 6.92 Å². The average molecular weight is 863 g/mol. The Hall–Kier alpha value is -7.01. The van der Waals surface area contributed by atoms with Gasteiger partial charge in [-0.2, -0.15) is 0 Å². The van der Waals surface area contributed by atoms with Crippen molar-refractivity contribution in [3.05, 3.63) is 192 Å². The van der Waals surface area contributed by atoms with E-state index in [4.69, 9.17) is 9.47 Å². The largest absolute Gasteiger partial charge is 0.463 e. The minimum absolute atomic E-state index is 0.0369. The van der Waals surface area contributed by atoms with Crippen LogP contribution in [-0.2, 0) is 47.2 Å². The van der Waals surface area contributed by atoms with Crippen molar-refractivity contribution in [2.75, 3.05) is 6.61 Å². The lowest BCUT2D eigenvalue weighted by Gasteiger charge is -2.37. The molecule has 3 atom stereocenters. The Kier molecular flexibility index (Phi) is 17.4. The molecule has 11 nitrogen and oxygen atoms in total. The standard InChI is InChI=1S/C53H58N4O7/c1-2-63-48(59)36-34-45(33-35-47(58)57-53(42-27-15-6-16-28-42,43-29-17-7-18-30-43)44-31-19-8-20-32-44)54-50(60)46(37-39-21-9-3-10-22-39)55-51(61)49(41-25-13-5-14-26-41)56-52(62)64-38-40-23-11-4-12-24-40/h3-4,6-12,15-24,27-32,34,36,41,45-46,49H,2,5,13-14,25-26,33,35,37-38H2,1H3,(H,54,60)(H,55,61)(H,56,62)(H,57,58)/b36-34+/t45-,46-,49-/m0/s1. The first-order valence-electron chi connectivity index (χ1n) is 22.2. The van der Waals surface area contributed by atoms with Crippen LogP contribution in [0.25, 0.3) is 0 Å². The van der Waals surface area contributed by atoms with Crippen LogP contribution < -0.4 is 21.3 Å².